The van der Waals surface area contributed by atoms with Crippen molar-refractivity contribution in [3.05, 3.63) is 32.0 Å². The first kappa shape index (κ1) is 19.7. The molecule has 2 rings (SSSR count). The second-order valence-electron chi connectivity index (χ2n) is 5.56. The summed E-state index contributed by atoms with van der Waals surface area (Å²) in [5, 5.41) is 6.77. The predicted molar refractivity (Wildman–Crippen MR) is 93.7 cm³/mol. The van der Waals surface area contributed by atoms with Gasteiger partial charge in [-0.1, -0.05) is 18.3 Å². The van der Waals surface area contributed by atoms with Crippen molar-refractivity contribution in [2.45, 2.75) is 39.8 Å². The lowest BCUT2D eigenvalue weighted by molar-refractivity contribution is -0.144. The van der Waals surface area contributed by atoms with Crippen LogP contribution in [-0.4, -0.2) is 41.8 Å². The number of nitrogens with zero attached hydrogens (tertiary/aromatic N) is 1. The fraction of sp³-hybridized carbons (Fsp3) is 0.500. The summed E-state index contributed by atoms with van der Waals surface area (Å²) in [6.45, 7) is 4.85. The van der Waals surface area contributed by atoms with Gasteiger partial charge in [-0.15, -0.1) is 0 Å². The lowest BCUT2D eigenvalue weighted by Crippen LogP contribution is -2.51. The zero-order valence-electron chi connectivity index (χ0n) is 14.8. The van der Waals surface area contributed by atoms with Gasteiger partial charge in [0.2, 0.25) is 0 Å². The van der Waals surface area contributed by atoms with Crippen molar-refractivity contribution in [1.29, 1.82) is 0 Å². The number of aromatic nitrogens is 1. The van der Waals surface area contributed by atoms with Gasteiger partial charge in [0, 0.05) is 11.1 Å². The molecule has 1 aliphatic heterocycles. The van der Waals surface area contributed by atoms with Crippen molar-refractivity contribution in [3.8, 4) is 0 Å². The molecular weight excluding hydrogens is 362 g/mol. The van der Waals surface area contributed by atoms with Gasteiger partial charge in [-0.05, 0) is 20.3 Å². The number of amides is 2. The number of rotatable bonds is 7. The smallest absolute Gasteiger partial charge is 0.338 e. The van der Waals surface area contributed by atoms with Gasteiger partial charge in [0.05, 0.1) is 23.9 Å². The number of thiazole rings is 1. The molecule has 2 N–H and O–H groups in total. The number of nitrogens with one attached hydrogen (secondary N) is 2. The Hall–Kier alpha value is -2.62. The summed E-state index contributed by atoms with van der Waals surface area (Å²) < 4.78 is 11.5. The highest BCUT2D eigenvalue weighted by Crippen LogP contribution is 2.17. The highest BCUT2D eigenvalue weighted by atomic mass is 32.1. The van der Waals surface area contributed by atoms with E-state index >= 15 is 0 Å². The fourth-order valence-electron chi connectivity index (χ4n) is 2.50. The fourth-order valence-corrected chi connectivity index (χ4v) is 3.23. The Kier molecular flexibility index (Phi) is 6.56. The van der Waals surface area contributed by atoms with Gasteiger partial charge in [-0.2, -0.15) is 0 Å². The van der Waals surface area contributed by atoms with E-state index in [1.807, 2.05) is 6.92 Å². The highest BCUT2D eigenvalue weighted by molar-refractivity contribution is 7.07. The van der Waals surface area contributed by atoms with Crippen LogP contribution in [0.5, 0.6) is 0 Å². The summed E-state index contributed by atoms with van der Waals surface area (Å²) in [5.41, 5.74) is 1.07. The minimum absolute atomic E-state index is 0.181. The number of ether oxygens (including phenoxy) is 2. The number of carbonyl (C=O) groups excluding carboxylic acids is 3. The van der Waals surface area contributed by atoms with E-state index in [0.29, 0.717) is 12.1 Å². The molecule has 1 aromatic rings. The Labute approximate surface area is 154 Å². The van der Waals surface area contributed by atoms with Crippen LogP contribution in [0.4, 0.5) is 4.79 Å². The van der Waals surface area contributed by atoms with Gasteiger partial charge in [0.15, 0.2) is 0 Å². The number of esters is 2. The molecule has 26 heavy (non-hydrogen) atoms. The second kappa shape index (κ2) is 8.65. The molecule has 2 amide bonds. The van der Waals surface area contributed by atoms with Gasteiger partial charge in [-0.3, -0.25) is 14.2 Å². The number of hydrogen-bond acceptors (Lipinski definition) is 7. The van der Waals surface area contributed by atoms with E-state index in [2.05, 4.69) is 10.6 Å². The molecule has 0 spiro atoms. The minimum Gasteiger partial charge on any atom is -0.463 e. The number of hydrogen-bond donors (Lipinski definition) is 2. The van der Waals surface area contributed by atoms with Crippen LogP contribution in [0.15, 0.2) is 21.4 Å². The summed E-state index contributed by atoms with van der Waals surface area (Å²) in [6, 6.07) is -1.01. The van der Waals surface area contributed by atoms with Crippen LogP contribution in [0.25, 0.3) is 0 Å². The highest BCUT2D eigenvalue weighted by Gasteiger charge is 2.32. The summed E-state index contributed by atoms with van der Waals surface area (Å²) in [6.07, 6.45) is 0.475. The van der Waals surface area contributed by atoms with Crippen LogP contribution < -0.4 is 15.5 Å². The average molecular weight is 383 g/mol. The molecule has 2 heterocycles. The van der Waals surface area contributed by atoms with E-state index in [4.69, 9.17) is 9.47 Å². The maximum atomic E-state index is 12.2. The monoisotopic (exact) mass is 383 g/mol. The van der Waals surface area contributed by atoms with Crippen LogP contribution in [0.3, 0.4) is 0 Å². The molecular formula is C16H21N3O6S. The second-order valence-corrected chi connectivity index (χ2v) is 6.38. The Bertz CT molecular complexity index is 794. The first-order chi connectivity index (χ1) is 12.4. The average Bonchev–Trinajstić information content (AvgIpc) is 2.91. The summed E-state index contributed by atoms with van der Waals surface area (Å²) in [5.74, 6) is -1.23. The third-order valence-electron chi connectivity index (χ3n) is 3.79. The number of aryl methyl sites for hydroxylation is 1. The zero-order chi connectivity index (χ0) is 19.3. The van der Waals surface area contributed by atoms with E-state index in [-0.39, 0.29) is 35.9 Å². The summed E-state index contributed by atoms with van der Waals surface area (Å²) in [7, 11) is 0. The maximum Gasteiger partial charge on any atom is 0.338 e. The standard InChI is InChI=1S/C16H21N3O6S/c1-4-10-13(14(21)24-5-2)11(18-15(22)17-10)7-25-12(20)6-19-9(3)8-26-16(19)23/h8,10H,4-7H2,1-3H3,(H2,17,18,22)/t10-/m1/s1. The lowest BCUT2D eigenvalue weighted by atomic mass is 10.0. The maximum absolute atomic E-state index is 12.2. The molecule has 1 atom stereocenters. The number of carbonyl (C=O) groups is 3. The minimum atomic E-state index is -0.648. The Morgan fingerprint density at radius 2 is 2.00 bits per heavy atom. The predicted octanol–water partition coefficient (Wildman–Crippen LogP) is 0.670. The van der Waals surface area contributed by atoms with E-state index in [0.717, 1.165) is 11.3 Å². The first-order valence-corrected chi connectivity index (χ1v) is 9.03. The molecule has 0 saturated carbocycles. The van der Waals surface area contributed by atoms with E-state index in [1.165, 1.54) is 4.57 Å². The van der Waals surface area contributed by atoms with Crippen molar-refractivity contribution >= 4 is 29.3 Å². The molecule has 0 aliphatic carbocycles. The van der Waals surface area contributed by atoms with Crippen molar-refractivity contribution in [3.63, 3.8) is 0 Å². The van der Waals surface area contributed by atoms with Crippen LogP contribution in [0, 0.1) is 6.92 Å². The van der Waals surface area contributed by atoms with Crippen LogP contribution in [-0.2, 0) is 25.6 Å². The van der Waals surface area contributed by atoms with E-state index in [1.54, 1.807) is 19.2 Å². The SMILES string of the molecule is CCOC(=O)C1=C(COC(=O)Cn2c(C)csc2=O)NC(=O)N[C@@H]1CC. The quantitative estimate of drug-likeness (QED) is 0.669. The summed E-state index contributed by atoms with van der Waals surface area (Å²) >= 11 is 0.996. The summed E-state index contributed by atoms with van der Waals surface area (Å²) in [4.78, 5) is 47.4. The largest absolute Gasteiger partial charge is 0.463 e. The normalized spacial score (nSPS) is 16.7. The number of urea groups is 1. The van der Waals surface area contributed by atoms with Crippen LogP contribution in [0.1, 0.15) is 26.0 Å². The van der Waals surface area contributed by atoms with Gasteiger partial charge in [0.1, 0.15) is 13.2 Å². The molecule has 0 unspecified atom stereocenters. The molecule has 142 valence electrons. The van der Waals surface area contributed by atoms with Gasteiger partial charge in [0.25, 0.3) is 0 Å². The molecule has 10 heteroatoms. The molecule has 0 fully saturated rings. The van der Waals surface area contributed by atoms with Crippen LogP contribution in [0.2, 0.25) is 0 Å². The molecule has 9 nitrogen and oxygen atoms in total. The van der Waals surface area contributed by atoms with Gasteiger partial charge in [-0.25, -0.2) is 9.59 Å². The third kappa shape index (κ3) is 4.51. The lowest BCUT2D eigenvalue weighted by Gasteiger charge is -2.28. The topological polar surface area (TPSA) is 116 Å². The molecule has 0 saturated heterocycles. The van der Waals surface area contributed by atoms with Crippen molar-refractivity contribution in [1.82, 2.24) is 15.2 Å². The van der Waals surface area contributed by atoms with Crippen molar-refractivity contribution in [2.75, 3.05) is 13.2 Å². The van der Waals surface area contributed by atoms with Crippen molar-refractivity contribution < 1.29 is 23.9 Å². The Morgan fingerprint density at radius 1 is 1.27 bits per heavy atom. The third-order valence-corrected chi connectivity index (χ3v) is 4.67. The Morgan fingerprint density at radius 3 is 2.58 bits per heavy atom. The molecule has 1 aromatic heterocycles. The van der Waals surface area contributed by atoms with Gasteiger partial charge < -0.3 is 20.1 Å². The molecule has 0 bridgehead atoms. The molecule has 1 aliphatic rings. The van der Waals surface area contributed by atoms with Gasteiger partial charge >= 0.3 is 22.8 Å². The van der Waals surface area contributed by atoms with Crippen LogP contribution >= 0.6 is 11.3 Å². The van der Waals surface area contributed by atoms with E-state index < -0.39 is 24.0 Å². The van der Waals surface area contributed by atoms with E-state index in [9.17, 15) is 19.2 Å². The molecule has 0 radical (unpaired) electrons. The first-order valence-electron chi connectivity index (χ1n) is 8.15. The zero-order valence-corrected chi connectivity index (χ0v) is 15.6. The Balaban J connectivity index is 2.14. The van der Waals surface area contributed by atoms with Crippen molar-refractivity contribution in [2.24, 2.45) is 0 Å². The molecule has 0 aromatic carbocycles.